The summed E-state index contributed by atoms with van der Waals surface area (Å²) in [7, 11) is 3.49. The second-order valence-corrected chi connectivity index (χ2v) is 6.51. The van der Waals surface area contributed by atoms with Crippen molar-refractivity contribution in [2.24, 2.45) is 7.05 Å². The molecule has 3 rings (SSSR count). The molecule has 8 heteroatoms. The van der Waals surface area contributed by atoms with Crippen LogP contribution in [-0.4, -0.2) is 16.7 Å². The van der Waals surface area contributed by atoms with Crippen molar-refractivity contribution in [1.82, 2.24) is 14.9 Å². The molecule has 2 heterocycles. The van der Waals surface area contributed by atoms with Crippen LogP contribution in [0.3, 0.4) is 0 Å². The first-order valence-corrected chi connectivity index (χ1v) is 8.05. The van der Waals surface area contributed by atoms with Crippen molar-refractivity contribution >= 4 is 22.4 Å². The summed E-state index contributed by atoms with van der Waals surface area (Å²) in [4.78, 5) is 4.37. The van der Waals surface area contributed by atoms with E-state index in [4.69, 9.17) is 4.74 Å². The monoisotopic (exact) mass is 355 g/mol. The summed E-state index contributed by atoms with van der Waals surface area (Å²) >= 11 is 0.757. The minimum absolute atomic E-state index is 0.359. The first-order chi connectivity index (χ1) is 11.4. The van der Waals surface area contributed by atoms with Gasteiger partial charge < -0.3 is 14.6 Å². The van der Waals surface area contributed by atoms with Crippen molar-refractivity contribution in [1.29, 1.82) is 0 Å². The Bertz CT molecular complexity index is 854. The molecule has 0 aliphatic carbocycles. The van der Waals surface area contributed by atoms with E-state index in [9.17, 15) is 13.2 Å². The molecule has 0 bridgehead atoms. The maximum Gasteiger partial charge on any atom is 0.425 e. The van der Waals surface area contributed by atoms with Crippen molar-refractivity contribution < 1.29 is 17.9 Å². The first-order valence-electron chi connectivity index (χ1n) is 7.23. The molecule has 0 radical (unpaired) electrons. The van der Waals surface area contributed by atoms with Crippen LogP contribution < -0.4 is 10.1 Å². The zero-order valence-electron chi connectivity index (χ0n) is 13.1. The van der Waals surface area contributed by atoms with Gasteiger partial charge in [-0.25, -0.2) is 4.98 Å². The normalized spacial score (nSPS) is 12.0. The molecule has 0 saturated carbocycles. The summed E-state index contributed by atoms with van der Waals surface area (Å²) in [6.07, 6.45) is -2.56. The van der Waals surface area contributed by atoms with Gasteiger partial charge >= 0.3 is 6.18 Å². The fraction of sp³-hybridized carbons (Fsp3) is 0.312. The van der Waals surface area contributed by atoms with Crippen LogP contribution in [0.4, 0.5) is 13.2 Å². The molecule has 0 saturated heterocycles. The smallest absolute Gasteiger partial charge is 0.425 e. The minimum Gasteiger partial charge on any atom is -0.496 e. The van der Waals surface area contributed by atoms with E-state index in [0.29, 0.717) is 18.0 Å². The molecule has 3 aromatic rings. The van der Waals surface area contributed by atoms with E-state index in [-0.39, 0.29) is 0 Å². The molecule has 0 spiro atoms. The third-order valence-electron chi connectivity index (χ3n) is 3.70. The van der Waals surface area contributed by atoms with Crippen molar-refractivity contribution in [3.63, 3.8) is 0 Å². The molecular weight excluding hydrogens is 339 g/mol. The summed E-state index contributed by atoms with van der Waals surface area (Å²) in [6.45, 7) is 0.831. The van der Waals surface area contributed by atoms with Gasteiger partial charge in [-0.2, -0.15) is 13.2 Å². The van der Waals surface area contributed by atoms with Crippen LogP contribution >= 0.6 is 11.3 Å². The van der Waals surface area contributed by atoms with Crippen molar-refractivity contribution in [2.45, 2.75) is 19.3 Å². The molecular formula is C16H16F3N3OS. The fourth-order valence-corrected chi connectivity index (χ4v) is 3.45. The third kappa shape index (κ3) is 3.25. The van der Waals surface area contributed by atoms with Gasteiger partial charge in [0.25, 0.3) is 0 Å². The lowest BCUT2D eigenvalue weighted by Gasteiger charge is -2.12. The van der Waals surface area contributed by atoms with Gasteiger partial charge in [0.05, 0.1) is 24.5 Å². The van der Waals surface area contributed by atoms with Crippen molar-refractivity contribution in [2.75, 3.05) is 7.11 Å². The standard InChI is InChI=1S/C16H16F3N3OS/c1-22-9-21-12-4-5-13(23-2)11(15(12)22)8-20-7-10-3-6-14(24-10)16(17,18)19/h3-6,9,20H,7-8H2,1-2H3. The van der Waals surface area contributed by atoms with Crippen LogP contribution in [0.2, 0.25) is 0 Å². The summed E-state index contributed by atoms with van der Waals surface area (Å²) in [5, 5.41) is 3.19. The Hall–Kier alpha value is -2.06. The second kappa shape index (κ2) is 6.45. The highest BCUT2D eigenvalue weighted by molar-refractivity contribution is 7.12. The largest absolute Gasteiger partial charge is 0.496 e. The van der Waals surface area contributed by atoms with Gasteiger partial charge in [-0.1, -0.05) is 0 Å². The zero-order valence-corrected chi connectivity index (χ0v) is 14.0. The Labute approximate surface area is 140 Å². The van der Waals surface area contributed by atoms with Crippen molar-refractivity contribution in [3.05, 3.63) is 45.9 Å². The molecule has 1 aromatic carbocycles. The first kappa shape index (κ1) is 16.8. The third-order valence-corrected chi connectivity index (χ3v) is 4.83. The van der Waals surface area contributed by atoms with Crippen LogP contribution in [0, 0.1) is 0 Å². The van der Waals surface area contributed by atoms with Crippen LogP contribution in [0.1, 0.15) is 15.3 Å². The molecule has 0 unspecified atom stereocenters. The highest BCUT2D eigenvalue weighted by Crippen LogP contribution is 2.34. The number of fused-ring (bicyclic) bond motifs is 1. The number of ether oxygens (including phenoxy) is 1. The molecule has 4 nitrogen and oxygen atoms in total. The number of benzene rings is 1. The fourth-order valence-electron chi connectivity index (χ4n) is 2.61. The molecule has 0 atom stereocenters. The summed E-state index contributed by atoms with van der Waals surface area (Å²) in [5.41, 5.74) is 2.73. The number of aromatic nitrogens is 2. The number of methoxy groups -OCH3 is 1. The Morgan fingerprint density at radius 3 is 2.67 bits per heavy atom. The average Bonchev–Trinajstić information content (AvgIpc) is 3.14. The van der Waals surface area contributed by atoms with Crippen LogP contribution in [0.25, 0.3) is 11.0 Å². The highest BCUT2D eigenvalue weighted by atomic mass is 32.1. The van der Waals surface area contributed by atoms with E-state index in [1.807, 2.05) is 23.7 Å². The van der Waals surface area contributed by atoms with Gasteiger partial charge in [0, 0.05) is 30.6 Å². The van der Waals surface area contributed by atoms with Gasteiger partial charge in [-0.05, 0) is 24.3 Å². The van der Waals surface area contributed by atoms with E-state index in [1.165, 1.54) is 6.07 Å². The number of imidazole rings is 1. The maximum absolute atomic E-state index is 12.6. The minimum atomic E-state index is -4.29. The molecule has 0 fully saturated rings. The predicted molar refractivity (Wildman–Crippen MR) is 87.1 cm³/mol. The molecule has 24 heavy (non-hydrogen) atoms. The predicted octanol–water partition coefficient (Wildman–Crippen LogP) is 3.95. The number of halogens is 3. The molecule has 2 aromatic heterocycles. The van der Waals surface area contributed by atoms with Crippen LogP contribution in [0.15, 0.2) is 30.6 Å². The number of rotatable bonds is 5. The summed E-state index contributed by atoms with van der Waals surface area (Å²) in [5.74, 6) is 0.723. The SMILES string of the molecule is COc1ccc2ncn(C)c2c1CNCc1ccc(C(F)(F)F)s1. The Balaban J connectivity index is 1.76. The van der Waals surface area contributed by atoms with Gasteiger partial charge in [0.1, 0.15) is 10.6 Å². The van der Waals surface area contributed by atoms with E-state index in [2.05, 4.69) is 10.3 Å². The number of thiophene rings is 1. The van der Waals surface area contributed by atoms with Gasteiger partial charge in [0.2, 0.25) is 0 Å². The number of aryl methyl sites for hydroxylation is 1. The van der Waals surface area contributed by atoms with Crippen LogP contribution in [-0.2, 0) is 26.3 Å². The lowest BCUT2D eigenvalue weighted by atomic mass is 10.1. The Morgan fingerprint density at radius 2 is 2.00 bits per heavy atom. The summed E-state index contributed by atoms with van der Waals surface area (Å²) in [6, 6.07) is 6.35. The zero-order chi connectivity index (χ0) is 17.3. The highest BCUT2D eigenvalue weighted by Gasteiger charge is 2.32. The second-order valence-electron chi connectivity index (χ2n) is 5.34. The van der Waals surface area contributed by atoms with Gasteiger partial charge in [-0.15, -0.1) is 11.3 Å². The molecule has 0 aliphatic heterocycles. The van der Waals surface area contributed by atoms with E-state index in [0.717, 1.165) is 39.7 Å². The van der Waals surface area contributed by atoms with Gasteiger partial charge in [0.15, 0.2) is 0 Å². The number of hydrogen-bond acceptors (Lipinski definition) is 4. The molecule has 1 N–H and O–H groups in total. The molecule has 0 amide bonds. The maximum atomic E-state index is 12.6. The lowest BCUT2D eigenvalue weighted by molar-refractivity contribution is -0.134. The van der Waals surface area contributed by atoms with E-state index < -0.39 is 11.1 Å². The number of alkyl halides is 3. The Kier molecular flexibility index (Phi) is 4.51. The number of hydrogen-bond donors (Lipinski definition) is 1. The Morgan fingerprint density at radius 1 is 1.21 bits per heavy atom. The van der Waals surface area contributed by atoms with Crippen LogP contribution in [0.5, 0.6) is 5.75 Å². The lowest BCUT2D eigenvalue weighted by Crippen LogP contribution is -2.13. The average molecular weight is 355 g/mol. The van der Waals surface area contributed by atoms with E-state index in [1.54, 1.807) is 13.4 Å². The van der Waals surface area contributed by atoms with Crippen molar-refractivity contribution in [3.8, 4) is 5.75 Å². The van der Waals surface area contributed by atoms with Gasteiger partial charge in [-0.3, -0.25) is 0 Å². The summed E-state index contributed by atoms with van der Waals surface area (Å²) < 4.78 is 45.2. The number of nitrogens with zero attached hydrogens (tertiary/aromatic N) is 2. The molecule has 128 valence electrons. The molecule has 0 aliphatic rings. The van der Waals surface area contributed by atoms with E-state index >= 15 is 0 Å². The quantitative estimate of drug-likeness (QED) is 0.753. The number of nitrogens with one attached hydrogen (secondary N) is 1. The topological polar surface area (TPSA) is 39.1 Å².